The van der Waals surface area contributed by atoms with E-state index in [-0.39, 0.29) is 22.2 Å². The van der Waals surface area contributed by atoms with Crippen LogP contribution in [0.5, 0.6) is 0 Å². The van der Waals surface area contributed by atoms with Crippen molar-refractivity contribution < 1.29 is 14.1 Å². The summed E-state index contributed by atoms with van der Waals surface area (Å²) in [6.07, 6.45) is 0. The van der Waals surface area contributed by atoms with Crippen molar-refractivity contribution in [2.24, 2.45) is 0 Å². The fraction of sp³-hybridized carbons (Fsp3) is 0. The second-order valence-corrected chi connectivity index (χ2v) is 5.92. The molecule has 0 aliphatic heterocycles. The topological polar surface area (TPSA) is 85.4 Å². The molecule has 1 heterocycles. The van der Waals surface area contributed by atoms with Crippen molar-refractivity contribution in [2.75, 3.05) is 5.32 Å². The van der Waals surface area contributed by atoms with E-state index in [0.717, 1.165) is 5.56 Å². The van der Waals surface area contributed by atoms with Crippen molar-refractivity contribution in [3.63, 3.8) is 0 Å². The molecule has 0 saturated heterocycles. The molecule has 1 N–H and O–H groups in total. The van der Waals surface area contributed by atoms with Gasteiger partial charge in [-0.3, -0.25) is 14.9 Å². The van der Waals surface area contributed by atoms with E-state index in [2.05, 4.69) is 5.32 Å². The molecule has 1 aromatic heterocycles. The van der Waals surface area contributed by atoms with Crippen molar-refractivity contribution >= 4 is 40.5 Å². The summed E-state index contributed by atoms with van der Waals surface area (Å²) in [7, 11) is 0. The lowest BCUT2D eigenvalue weighted by Crippen LogP contribution is -2.12. The number of rotatable bonds is 4. The van der Waals surface area contributed by atoms with Gasteiger partial charge in [0.2, 0.25) is 0 Å². The molecule has 0 fully saturated rings. The highest BCUT2D eigenvalue weighted by Gasteiger charge is 2.19. The molecule has 8 heteroatoms. The van der Waals surface area contributed by atoms with Gasteiger partial charge < -0.3 is 9.73 Å². The summed E-state index contributed by atoms with van der Waals surface area (Å²) in [5.74, 6) is -0.104. The maximum Gasteiger partial charge on any atom is 0.294 e. The highest BCUT2D eigenvalue weighted by Crippen LogP contribution is 2.29. The molecule has 0 atom stereocenters. The van der Waals surface area contributed by atoms with E-state index >= 15 is 0 Å². The van der Waals surface area contributed by atoms with Gasteiger partial charge >= 0.3 is 0 Å². The van der Waals surface area contributed by atoms with Gasteiger partial charge in [-0.15, -0.1) is 0 Å². The Hall–Kier alpha value is -2.83. The van der Waals surface area contributed by atoms with Crippen molar-refractivity contribution in [1.82, 2.24) is 0 Å². The first-order valence-corrected chi connectivity index (χ1v) is 7.81. The van der Waals surface area contributed by atoms with Gasteiger partial charge in [0.05, 0.1) is 4.92 Å². The molecule has 126 valence electrons. The highest BCUT2D eigenvalue weighted by atomic mass is 35.5. The summed E-state index contributed by atoms with van der Waals surface area (Å²) in [5, 5.41) is 14.3. The number of anilines is 1. The zero-order valence-electron chi connectivity index (χ0n) is 12.5. The lowest BCUT2D eigenvalue weighted by Gasteiger charge is -2.04. The van der Waals surface area contributed by atoms with Crippen LogP contribution in [0.2, 0.25) is 10.0 Å². The third-order valence-corrected chi connectivity index (χ3v) is 3.85. The van der Waals surface area contributed by atoms with Crippen LogP contribution < -0.4 is 5.32 Å². The Morgan fingerprint density at radius 1 is 1.00 bits per heavy atom. The minimum Gasteiger partial charge on any atom is -0.451 e. The molecule has 0 spiro atoms. The number of hydrogen-bond acceptors (Lipinski definition) is 4. The van der Waals surface area contributed by atoms with Crippen LogP contribution in [0.4, 0.5) is 11.4 Å². The smallest absolute Gasteiger partial charge is 0.294 e. The summed E-state index contributed by atoms with van der Waals surface area (Å²) >= 11 is 11.6. The van der Waals surface area contributed by atoms with Crippen LogP contribution in [0.25, 0.3) is 11.3 Å². The molecule has 0 saturated carbocycles. The predicted molar refractivity (Wildman–Crippen MR) is 95.2 cm³/mol. The summed E-state index contributed by atoms with van der Waals surface area (Å²) in [5.41, 5.74) is 0.482. The van der Waals surface area contributed by atoms with Crippen molar-refractivity contribution in [1.29, 1.82) is 0 Å². The summed E-state index contributed by atoms with van der Waals surface area (Å²) in [4.78, 5) is 22.7. The van der Waals surface area contributed by atoms with Crippen LogP contribution in [0, 0.1) is 10.1 Å². The van der Waals surface area contributed by atoms with Gasteiger partial charge in [-0.05, 0) is 48.5 Å². The monoisotopic (exact) mass is 376 g/mol. The molecule has 2 aromatic carbocycles. The van der Waals surface area contributed by atoms with E-state index in [1.54, 1.807) is 30.3 Å². The van der Waals surface area contributed by atoms with Crippen LogP contribution in [0.15, 0.2) is 59.0 Å². The van der Waals surface area contributed by atoms with Crippen LogP contribution in [0.1, 0.15) is 10.6 Å². The predicted octanol–water partition coefficient (Wildman–Crippen LogP) is 5.41. The maximum atomic E-state index is 12.3. The van der Waals surface area contributed by atoms with Crippen molar-refractivity contribution in [3.05, 3.63) is 80.5 Å². The van der Waals surface area contributed by atoms with E-state index in [9.17, 15) is 14.9 Å². The molecule has 0 aliphatic rings. The summed E-state index contributed by atoms with van der Waals surface area (Å²) in [6, 6.07) is 14.0. The number of carbonyl (C=O) groups excluding carboxylic acids is 1. The number of nitro benzene ring substituents is 1. The molecule has 6 nitrogen and oxygen atoms in total. The third-order valence-electron chi connectivity index (χ3n) is 3.36. The second-order valence-electron chi connectivity index (χ2n) is 5.04. The first-order valence-electron chi connectivity index (χ1n) is 7.05. The average molecular weight is 377 g/mol. The van der Waals surface area contributed by atoms with Crippen LogP contribution >= 0.6 is 23.2 Å². The van der Waals surface area contributed by atoms with Crippen molar-refractivity contribution in [3.8, 4) is 11.3 Å². The Morgan fingerprint density at radius 2 is 1.68 bits per heavy atom. The van der Waals surface area contributed by atoms with Gasteiger partial charge in [0, 0.05) is 21.7 Å². The largest absolute Gasteiger partial charge is 0.451 e. The van der Waals surface area contributed by atoms with E-state index in [0.29, 0.717) is 10.8 Å². The summed E-state index contributed by atoms with van der Waals surface area (Å²) < 4.78 is 5.52. The van der Waals surface area contributed by atoms with Crippen LogP contribution in [-0.4, -0.2) is 10.8 Å². The number of nitrogens with zero attached hydrogens (tertiary/aromatic N) is 1. The van der Waals surface area contributed by atoms with Gasteiger partial charge in [-0.25, -0.2) is 0 Å². The molecule has 0 unspecified atom stereocenters. The maximum absolute atomic E-state index is 12.3. The minimum atomic E-state index is -0.622. The minimum absolute atomic E-state index is 0.0224. The number of benzene rings is 2. The van der Waals surface area contributed by atoms with Gasteiger partial charge in [0.15, 0.2) is 5.76 Å². The molecule has 1 amide bonds. The molecule has 0 radical (unpaired) electrons. The Balaban J connectivity index is 1.83. The van der Waals surface area contributed by atoms with Gasteiger partial charge in [-0.1, -0.05) is 23.2 Å². The number of furan rings is 1. The van der Waals surface area contributed by atoms with E-state index in [1.807, 2.05) is 0 Å². The standard InChI is InChI=1S/C17H10Cl2N2O4/c18-11-3-1-10(2-4-11)15-7-8-16(25-15)17(22)20-13-6-5-12(19)9-14(13)21(23)24/h1-9H,(H,20,22). The van der Waals surface area contributed by atoms with Gasteiger partial charge in [0.1, 0.15) is 11.4 Å². The molecule has 3 rings (SSSR count). The summed E-state index contributed by atoms with van der Waals surface area (Å²) in [6.45, 7) is 0. The lowest BCUT2D eigenvalue weighted by molar-refractivity contribution is -0.383. The van der Waals surface area contributed by atoms with E-state index in [1.165, 1.54) is 24.3 Å². The second kappa shape index (κ2) is 6.96. The van der Waals surface area contributed by atoms with Gasteiger partial charge in [0.25, 0.3) is 11.6 Å². The molecule has 25 heavy (non-hydrogen) atoms. The lowest BCUT2D eigenvalue weighted by atomic mass is 10.2. The number of nitrogens with one attached hydrogen (secondary N) is 1. The highest BCUT2D eigenvalue weighted by molar-refractivity contribution is 6.31. The Bertz CT molecular complexity index is 952. The number of hydrogen-bond donors (Lipinski definition) is 1. The number of amides is 1. The van der Waals surface area contributed by atoms with Crippen LogP contribution in [-0.2, 0) is 0 Å². The quantitative estimate of drug-likeness (QED) is 0.486. The molecular formula is C17H10Cl2N2O4. The first kappa shape index (κ1) is 17.0. The first-order chi connectivity index (χ1) is 11.9. The fourth-order valence-electron chi connectivity index (χ4n) is 2.17. The van der Waals surface area contributed by atoms with E-state index < -0.39 is 10.8 Å². The fourth-order valence-corrected chi connectivity index (χ4v) is 2.47. The molecular weight excluding hydrogens is 367 g/mol. The zero-order chi connectivity index (χ0) is 18.0. The van der Waals surface area contributed by atoms with Gasteiger partial charge in [-0.2, -0.15) is 0 Å². The number of carbonyl (C=O) groups is 1. The molecule has 0 bridgehead atoms. The van der Waals surface area contributed by atoms with Crippen molar-refractivity contribution in [2.45, 2.75) is 0 Å². The third kappa shape index (κ3) is 3.81. The Kier molecular flexibility index (Phi) is 4.74. The number of halogens is 2. The Labute approximate surface area is 152 Å². The average Bonchev–Trinajstić information content (AvgIpc) is 3.07. The number of nitro groups is 1. The van der Waals surface area contributed by atoms with E-state index in [4.69, 9.17) is 27.6 Å². The molecule has 3 aromatic rings. The zero-order valence-corrected chi connectivity index (χ0v) is 14.0. The Morgan fingerprint density at radius 3 is 2.36 bits per heavy atom. The SMILES string of the molecule is O=C(Nc1ccc(Cl)cc1[N+](=O)[O-])c1ccc(-c2ccc(Cl)cc2)o1. The van der Waals surface area contributed by atoms with Crippen LogP contribution in [0.3, 0.4) is 0 Å². The molecule has 0 aliphatic carbocycles. The normalized spacial score (nSPS) is 10.5.